The van der Waals surface area contributed by atoms with Crippen molar-refractivity contribution in [3.8, 4) is 11.1 Å². The number of carbonyl (C=O) groups is 2. The molecule has 186 valence electrons. The van der Waals surface area contributed by atoms with Gasteiger partial charge in [-0.15, -0.1) is 0 Å². The van der Waals surface area contributed by atoms with Crippen LogP contribution < -0.4 is 0 Å². The molecule has 0 spiro atoms. The van der Waals surface area contributed by atoms with Crippen LogP contribution in [0.1, 0.15) is 37.8 Å². The lowest BCUT2D eigenvalue weighted by Crippen LogP contribution is -2.31. The summed E-state index contributed by atoms with van der Waals surface area (Å²) in [5, 5.41) is 1.03. The fourth-order valence-corrected chi connectivity index (χ4v) is 4.56. The third-order valence-electron chi connectivity index (χ3n) is 6.16. The van der Waals surface area contributed by atoms with E-state index < -0.39 is 17.7 Å². The van der Waals surface area contributed by atoms with E-state index in [1.807, 2.05) is 6.92 Å². The lowest BCUT2D eigenvalue weighted by atomic mass is 9.96. The molecule has 9 heteroatoms. The van der Waals surface area contributed by atoms with E-state index in [0.717, 1.165) is 25.0 Å². The Balaban J connectivity index is 1.86. The summed E-state index contributed by atoms with van der Waals surface area (Å²) in [7, 11) is 0. The summed E-state index contributed by atoms with van der Waals surface area (Å²) < 4.78 is 47.6. The number of ether oxygens (including phenoxy) is 1. The fraction of sp³-hybridized carbons (Fsp3) is 0.385. The quantitative estimate of drug-likeness (QED) is 0.337. The molecule has 2 aromatic carbocycles. The second-order valence-corrected chi connectivity index (χ2v) is 9.01. The third-order valence-corrected chi connectivity index (χ3v) is 6.48. The van der Waals surface area contributed by atoms with E-state index in [4.69, 9.17) is 16.3 Å². The number of nitrogens with zero attached hydrogens (tertiary/aromatic N) is 2. The molecule has 1 aliphatic rings. The Kier molecular flexibility index (Phi) is 7.12. The highest BCUT2D eigenvalue weighted by molar-refractivity contribution is 6.36. The van der Waals surface area contributed by atoms with Crippen LogP contribution in [0.5, 0.6) is 0 Å². The Morgan fingerprint density at radius 1 is 1.14 bits per heavy atom. The predicted octanol–water partition coefficient (Wildman–Crippen LogP) is 6.30. The monoisotopic (exact) mass is 506 g/mol. The number of halogens is 4. The van der Waals surface area contributed by atoms with Gasteiger partial charge >= 0.3 is 12.1 Å². The van der Waals surface area contributed by atoms with Gasteiger partial charge in [0.15, 0.2) is 0 Å². The third kappa shape index (κ3) is 5.32. The minimum Gasteiger partial charge on any atom is -0.465 e. The second kappa shape index (κ2) is 9.93. The lowest BCUT2D eigenvalue weighted by Gasteiger charge is -2.23. The summed E-state index contributed by atoms with van der Waals surface area (Å²) in [5.74, 6) is -0.528. The Bertz CT molecular complexity index is 1260. The largest absolute Gasteiger partial charge is 0.465 e. The average Bonchev–Trinajstić information content (AvgIpc) is 3.59. The normalized spacial score (nSPS) is 13.8. The molecule has 1 aliphatic carbocycles. The maximum atomic E-state index is 13.6. The SMILES string of the molecule is CCOC(=O)Cn1cc(-c2ccc(C(F)(F)F)cc2CN(CC)C(=O)C2CC2)c2c(Cl)cccc21. The summed E-state index contributed by atoms with van der Waals surface area (Å²) in [6.07, 6.45) is -1.21. The summed E-state index contributed by atoms with van der Waals surface area (Å²) in [5.41, 5.74) is 1.36. The van der Waals surface area contributed by atoms with Crippen molar-refractivity contribution in [2.45, 2.75) is 46.0 Å². The topological polar surface area (TPSA) is 51.5 Å². The number of hydrogen-bond acceptors (Lipinski definition) is 3. The molecule has 0 saturated heterocycles. The highest BCUT2D eigenvalue weighted by atomic mass is 35.5. The lowest BCUT2D eigenvalue weighted by molar-refractivity contribution is -0.143. The van der Waals surface area contributed by atoms with E-state index in [9.17, 15) is 22.8 Å². The Morgan fingerprint density at radius 2 is 1.89 bits per heavy atom. The van der Waals surface area contributed by atoms with Gasteiger partial charge in [0.25, 0.3) is 0 Å². The van der Waals surface area contributed by atoms with Gasteiger partial charge in [0.05, 0.1) is 22.7 Å². The molecule has 0 atom stereocenters. The highest BCUT2D eigenvalue weighted by Gasteiger charge is 2.35. The van der Waals surface area contributed by atoms with Crippen LogP contribution in [-0.4, -0.2) is 34.5 Å². The minimum absolute atomic E-state index is 0.0418. The maximum Gasteiger partial charge on any atom is 0.416 e. The van der Waals surface area contributed by atoms with Crippen molar-refractivity contribution in [1.29, 1.82) is 0 Å². The first-order valence-corrected chi connectivity index (χ1v) is 11.9. The van der Waals surface area contributed by atoms with E-state index >= 15 is 0 Å². The zero-order valence-corrected chi connectivity index (χ0v) is 20.2. The number of carbonyl (C=O) groups excluding carboxylic acids is 2. The number of amides is 1. The van der Waals surface area contributed by atoms with Gasteiger partial charge in [-0.3, -0.25) is 9.59 Å². The van der Waals surface area contributed by atoms with Crippen LogP contribution in [0.4, 0.5) is 13.2 Å². The number of aromatic nitrogens is 1. The van der Waals surface area contributed by atoms with Gasteiger partial charge in [-0.1, -0.05) is 23.7 Å². The molecule has 0 bridgehead atoms. The van der Waals surface area contributed by atoms with Crippen molar-refractivity contribution < 1.29 is 27.5 Å². The molecule has 3 aromatic rings. The summed E-state index contributed by atoms with van der Waals surface area (Å²) in [6.45, 7) is 4.12. The Morgan fingerprint density at radius 3 is 2.51 bits per heavy atom. The predicted molar refractivity (Wildman–Crippen MR) is 128 cm³/mol. The van der Waals surface area contributed by atoms with Crippen molar-refractivity contribution >= 4 is 34.4 Å². The van der Waals surface area contributed by atoms with Crippen LogP contribution in [0.15, 0.2) is 42.6 Å². The molecule has 0 radical (unpaired) electrons. The van der Waals surface area contributed by atoms with Gasteiger partial charge < -0.3 is 14.2 Å². The van der Waals surface area contributed by atoms with Gasteiger partial charge in [-0.05, 0) is 62.1 Å². The van der Waals surface area contributed by atoms with Gasteiger partial charge in [0.2, 0.25) is 5.91 Å². The molecule has 1 aromatic heterocycles. The zero-order chi connectivity index (χ0) is 25.3. The van der Waals surface area contributed by atoms with Crippen LogP contribution in [-0.2, 0) is 33.6 Å². The number of alkyl halides is 3. The standard InChI is InChI=1S/C26H26ClF3N2O3/c1-3-31(25(34)16-8-9-16)13-17-12-18(26(28,29)30)10-11-19(17)20-14-32(15-23(33)35-4-2)22-7-5-6-21(27)24(20)22/h5-7,10-12,14,16H,3-4,8-9,13,15H2,1-2H3. The van der Waals surface area contributed by atoms with Crippen LogP contribution in [0.25, 0.3) is 22.0 Å². The highest BCUT2D eigenvalue weighted by Crippen LogP contribution is 2.40. The molecule has 0 aliphatic heterocycles. The van der Waals surface area contributed by atoms with E-state index in [-0.39, 0.29) is 31.5 Å². The van der Waals surface area contributed by atoms with Crippen LogP contribution in [0.2, 0.25) is 5.02 Å². The molecule has 0 unspecified atom stereocenters. The van der Waals surface area contributed by atoms with E-state index in [0.29, 0.717) is 39.2 Å². The maximum absolute atomic E-state index is 13.6. The molecular weight excluding hydrogens is 481 g/mol. The van der Waals surface area contributed by atoms with Crippen LogP contribution in [0, 0.1) is 5.92 Å². The number of benzene rings is 2. The van der Waals surface area contributed by atoms with Crippen molar-refractivity contribution in [3.05, 3.63) is 58.7 Å². The minimum atomic E-state index is -4.53. The first kappa shape index (κ1) is 25.1. The van der Waals surface area contributed by atoms with E-state index in [2.05, 4.69) is 0 Å². The smallest absolute Gasteiger partial charge is 0.416 e. The summed E-state index contributed by atoms with van der Waals surface area (Å²) in [4.78, 5) is 26.5. The van der Waals surface area contributed by atoms with Gasteiger partial charge in [0.1, 0.15) is 6.54 Å². The molecule has 1 fully saturated rings. The molecule has 35 heavy (non-hydrogen) atoms. The van der Waals surface area contributed by atoms with Gasteiger partial charge in [-0.2, -0.15) is 13.2 Å². The molecule has 1 amide bonds. The molecule has 1 saturated carbocycles. The summed E-state index contributed by atoms with van der Waals surface area (Å²) in [6, 6.07) is 8.79. The first-order valence-electron chi connectivity index (χ1n) is 11.6. The fourth-order valence-electron chi connectivity index (χ4n) is 4.29. The van der Waals surface area contributed by atoms with Crippen LogP contribution >= 0.6 is 11.6 Å². The summed E-state index contributed by atoms with van der Waals surface area (Å²) >= 11 is 6.54. The molecular formula is C26H26ClF3N2O3. The number of esters is 1. The Hall–Kier alpha value is -3.00. The molecule has 0 N–H and O–H groups in total. The number of hydrogen-bond donors (Lipinski definition) is 0. The van der Waals surface area contributed by atoms with E-state index in [1.165, 1.54) is 6.07 Å². The molecule has 1 heterocycles. The molecule has 5 nitrogen and oxygen atoms in total. The second-order valence-electron chi connectivity index (χ2n) is 8.61. The van der Waals surface area contributed by atoms with Crippen molar-refractivity contribution in [1.82, 2.24) is 9.47 Å². The van der Waals surface area contributed by atoms with Gasteiger partial charge in [0, 0.05) is 36.2 Å². The van der Waals surface area contributed by atoms with Crippen molar-refractivity contribution in [2.24, 2.45) is 5.92 Å². The van der Waals surface area contributed by atoms with Crippen molar-refractivity contribution in [2.75, 3.05) is 13.2 Å². The first-order chi connectivity index (χ1) is 16.6. The average molecular weight is 507 g/mol. The molecule has 4 rings (SSSR count). The number of fused-ring (bicyclic) bond motifs is 1. The number of rotatable bonds is 8. The Labute approximate surface area is 206 Å². The van der Waals surface area contributed by atoms with Crippen LogP contribution in [0.3, 0.4) is 0 Å². The van der Waals surface area contributed by atoms with Gasteiger partial charge in [-0.25, -0.2) is 0 Å². The zero-order valence-electron chi connectivity index (χ0n) is 19.5. The van der Waals surface area contributed by atoms with Crippen molar-refractivity contribution in [3.63, 3.8) is 0 Å². The van der Waals surface area contributed by atoms with E-state index in [1.54, 1.807) is 40.8 Å².